The van der Waals surface area contributed by atoms with Gasteiger partial charge in [-0.2, -0.15) is 4.98 Å². The van der Waals surface area contributed by atoms with Crippen LogP contribution in [-0.4, -0.2) is 41.3 Å². The van der Waals surface area contributed by atoms with Crippen LogP contribution >= 0.6 is 0 Å². The quantitative estimate of drug-likeness (QED) is 0.493. The average Bonchev–Trinajstić information content (AvgIpc) is 2.79. The molecule has 0 unspecified atom stereocenters. The monoisotopic (exact) mass is 423 g/mol. The zero-order valence-electron chi connectivity index (χ0n) is 16.2. The molecule has 3 aromatic rings. The van der Waals surface area contributed by atoms with Crippen LogP contribution in [0.25, 0.3) is 0 Å². The molecule has 0 saturated heterocycles. The van der Waals surface area contributed by atoms with Crippen molar-refractivity contribution < 1.29 is 23.9 Å². The van der Waals surface area contributed by atoms with E-state index >= 15 is 0 Å². The van der Waals surface area contributed by atoms with Gasteiger partial charge in [-0.3, -0.25) is 15.0 Å². The third-order valence-corrected chi connectivity index (χ3v) is 4.75. The van der Waals surface area contributed by atoms with Crippen LogP contribution < -0.4 is 29.6 Å². The maximum atomic E-state index is 11.7. The highest BCUT2D eigenvalue weighted by atomic mass is 16.6. The third-order valence-electron chi connectivity index (χ3n) is 4.75. The number of hydrogen-bond acceptors (Lipinski definition) is 10. The molecule has 5 rings (SSSR count). The fourth-order valence-corrected chi connectivity index (χ4v) is 3.41. The maximum Gasteiger partial charge on any atom is 0.330 e. The lowest BCUT2D eigenvalue weighted by Gasteiger charge is -2.27. The summed E-state index contributed by atoms with van der Waals surface area (Å²) in [6.45, 7) is 1.71. The molecule has 0 aliphatic carbocycles. The number of ether oxygens (including phenoxy) is 4. The Hall–Kier alpha value is -4.28. The van der Waals surface area contributed by atoms with E-state index in [1.807, 2.05) is 0 Å². The Bertz CT molecular complexity index is 1110. The lowest BCUT2D eigenvalue weighted by atomic mass is 10.2. The number of aromatic nitrogens is 2. The molecule has 2 aliphatic heterocycles. The number of nitrogens with zero attached hydrogens (tertiary/aromatic N) is 4. The van der Waals surface area contributed by atoms with Crippen molar-refractivity contribution in [2.24, 2.45) is 0 Å². The number of rotatable bonds is 4. The minimum absolute atomic E-state index is 0.00542. The molecule has 1 aromatic heterocycles. The molecule has 0 radical (unpaired) electrons. The van der Waals surface area contributed by atoms with Gasteiger partial charge in [-0.05, 0) is 24.3 Å². The Morgan fingerprint density at radius 3 is 1.90 bits per heavy atom. The Morgan fingerprint density at radius 2 is 1.39 bits per heavy atom. The smallest absolute Gasteiger partial charge is 0.330 e. The van der Waals surface area contributed by atoms with Crippen LogP contribution in [0.15, 0.2) is 42.6 Å². The second-order valence-electron chi connectivity index (χ2n) is 6.69. The summed E-state index contributed by atoms with van der Waals surface area (Å²) in [6, 6.07) is 10.5. The van der Waals surface area contributed by atoms with Crippen LogP contribution in [0.5, 0.6) is 23.0 Å². The Balaban J connectivity index is 1.70. The van der Waals surface area contributed by atoms with Gasteiger partial charge in [0, 0.05) is 12.1 Å². The van der Waals surface area contributed by atoms with E-state index in [2.05, 4.69) is 9.97 Å². The summed E-state index contributed by atoms with van der Waals surface area (Å²) in [4.78, 5) is 20.7. The summed E-state index contributed by atoms with van der Waals surface area (Å²) in [5, 5.41) is 11.7. The lowest BCUT2D eigenvalue weighted by Crippen LogP contribution is -2.19. The van der Waals surface area contributed by atoms with E-state index in [1.54, 1.807) is 41.3 Å². The van der Waals surface area contributed by atoms with Gasteiger partial charge < -0.3 is 24.7 Å². The van der Waals surface area contributed by atoms with E-state index in [9.17, 15) is 10.1 Å². The average molecular weight is 423 g/mol. The van der Waals surface area contributed by atoms with Gasteiger partial charge in [-0.15, -0.1) is 0 Å². The molecule has 3 heterocycles. The number of benzene rings is 2. The summed E-state index contributed by atoms with van der Waals surface area (Å²) in [6.07, 6.45) is 1.08. The van der Waals surface area contributed by atoms with E-state index in [0.29, 0.717) is 60.8 Å². The van der Waals surface area contributed by atoms with Crippen LogP contribution in [0.2, 0.25) is 0 Å². The van der Waals surface area contributed by atoms with Crippen molar-refractivity contribution in [2.45, 2.75) is 0 Å². The zero-order valence-corrected chi connectivity index (χ0v) is 16.2. The number of nitrogen functional groups attached to an aromatic ring is 1. The SMILES string of the molecule is Nc1ncc([N+](=O)[O-])c(N(c2ccc3c(c2)OCCO3)c2ccc3c(c2)OCCO3)n1. The number of nitrogens with two attached hydrogens (primary N) is 1. The number of nitro groups is 1. The molecule has 158 valence electrons. The predicted octanol–water partition coefficient (Wildman–Crippen LogP) is 2.98. The first-order chi connectivity index (χ1) is 15.1. The second kappa shape index (κ2) is 7.52. The van der Waals surface area contributed by atoms with Crippen molar-refractivity contribution in [1.82, 2.24) is 9.97 Å². The molecule has 11 nitrogen and oxygen atoms in total. The number of anilines is 4. The Labute approximate surface area is 176 Å². The van der Waals surface area contributed by atoms with E-state index < -0.39 is 4.92 Å². The summed E-state index contributed by atoms with van der Waals surface area (Å²) in [7, 11) is 0. The van der Waals surface area contributed by atoms with Gasteiger partial charge in [0.15, 0.2) is 23.0 Å². The highest BCUT2D eigenvalue weighted by Crippen LogP contribution is 2.44. The molecule has 2 aliphatic rings. The van der Waals surface area contributed by atoms with Crippen molar-refractivity contribution in [3.8, 4) is 23.0 Å². The first-order valence-electron chi connectivity index (χ1n) is 9.46. The van der Waals surface area contributed by atoms with Gasteiger partial charge >= 0.3 is 5.69 Å². The molecule has 2 N–H and O–H groups in total. The molecule has 2 aromatic carbocycles. The van der Waals surface area contributed by atoms with E-state index in [4.69, 9.17) is 24.7 Å². The molecule has 0 saturated carbocycles. The second-order valence-corrected chi connectivity index (χ2v) is 6.69. The van der Waals surface area contributed by atoms with Crippen molar-refractivity contribution in [2.75, 3.05) is 37.1 Å². The number of fused-ring (bicyclic) bond motifs is 2. The standard InChI is InChI=1S/C20H17N5O6/c21-20-22-11-14(25(26)27)19(23-20)24(12-1-3-15-17(9-12)30-7-5-28-15)13-2-4-16-18(10-13)31-8-6-29-16/h1-4,9-11H,5-8H2,(H2,21,22,23). The summed E-state index contributed by atoms with van der Waals surface area (Å²) < 4.78 is 22.6. The topological polar surface area (TPSA) is 135 Å². The van der Waals surface area contributed by atoms with E-state index in [1.165, 1.54) is 0 Å². The molecule has 0 amide bonds. The minimum atomic E-state index is -0.558. The van der Waals surface area contributed by atoms with Gasteiger partial charge in [0.25, 0.3) is 0 Å². The maximum absolute atomic E-state index is 11.7. The van der Waals surface area contributed by atoms with Crippen LogP contribution in [0.3, 0.4) is 0 Å². The van der Waals surface area contributed by atoms with Crippen molar-refractivity contribution >= 4 is 28.8 Å². The summed E-state index contributed by atoms with van der Waals surface area (Å²) >= 11 is 0. The first-order valence-corrected chi connectivity index (χ1v) is 9.46. The Kier molecular flexibility index (Phi) is 4.54. The van der Waals surface area contributed by atoms with Crippen molar-refractivity contribution in [3.63, 3.8) is 0 Å². The van der Waals surface area contributed by atoms with Crippen LogP contribution in [0, 0.1) is 10.1 Å². The van der Waals surface area contributed by atoms with Gasteiger partial charge in [-0.1, -0.05) is 0 Å². The van der Waals surface area contributed by atoms with Crippen LogP contribution in [0.4, 0.5) is 28.8 Å². The fraction of sp³-hybridized carbons (Fsp3) is 0.200. The molecular formula is C20H17N5O6. The molecule has 0 bridgehead atoms. The van der Waals surface area contributed by atoms with Gasteiger partial charge in [-0.25, -0.2) is 4.98 Å². The van der Waals surface area contributed by atoms with Crippen molar-refractivity contribution in [1.29, 1.82) is 0 Å². The zero-order chi connectivity index (χ0) is 21.4. The fourth-order valence-electron chi connectivity index (χ4n) is 3.41. The highest BCUT2D eigenvalue weighted by Gasteiger charge is 2.28. The summed E-state index contributed by atoms with van der Waals surface area (Å²) in [5.41, 5.74) is 6.59. The molecule has 0 atom stereocenters. The van der Waals surface area contributed by atoms with Gasteiger partial charge in [0.2, 0.25) is 11.8 Å². The molecule has 0 spiro atoms. The largest absolute Gasteiger partial charge is 0.486 e. The van der Waals surface area contributed by atoms with Crippen LogP contribution in [0.1, 0.15) is 0 Å². The van der Waals surface area contributed by atoms with Gasteiger partial charge in [0.05, 0.1) is 16.3 Å². The lowest BCUT2D eigenvalue weighted by molar-refractivity contribution is -0.384. The summed E-state index contributed by atoms with van der Waals surface area (Å²) in [5.74, 6) is 2.14. The Morgan fingerprint density at radius 1 is 0.871 bits per heavy atom. The van der Waals surface area contributed by atoms with E-state index in [0.717, 1.165) is 6.20 Å². The number of hydrogen-bond donors (Lipinski definition) is 1. The third kappa shape index (κ3) is 3.45. The minimum Gasteiger partial charge on any atom is -0.486 e. The van der Waals surface area contributed by atoms with Crippen molar-refractivity contribution in [3.05, 3.63) is 52.7 Å². The highest BCUT2D eigenvalue weighted by molar-refractivity contribution is 5.81. The van der Waals surface area contributed by atoms with E-state index in [-0.39, 0.29) is 17.5 Å². The first kappa shape index (κ1) is 18.7. The molecule has 0 fully saturated rings. The van der Waals surface area contributed by atoms with Gasteiger partial charge in [0.1, 0.15) is 32.6 Å². The molecule has 11 heteroatoms. The predicted molar refractivity (Wildman–Crippen MR) is 110 cm³/mol. The molecule has 31 heavy (non-hydrogen) atoms. The molecular weight excluding hydrogens is 406 g/mol. The normalized spacial score (nSPS) is 14.1. The van der Waals surface area contributed by atoms with Crippen LogP contribution in [-0.2, 0) is 0 Å².